The number of hydrogen-bond acceptors (Lipinski definition) is 4. The summed E-state index contributed by atoms with van der Waals surface area (Å²) in [5, 5.41) is 0. The summed E-state index contributed by atoms with van der Waals surface area (Å²) < 4.78 is 16.2. The fraction of sp³-hybridized carbons (Fsp3) is 0.368. The zero-order valence-corrected chi connectivity index (χ0v) is 14.0. The Morgan fingerprint density at radius 1 is 0.913 bits per heavy atom. The molecule has 4 heteroatoms. The van der Waals surface area contributed by atoms with Gasteiger partial charge in [0.1, 0.15) is 0 Å². The smallest absolute Gasteiger partial charge is 0.203 e. The molecule has 2 rings (SSSR count). The molecule has 0 saturated heterocycles. The van der Waals surface area contributed by atoms with Gasteiger partial charge in [-0.05, 0) is 48.6 Å². The summed E-state index contributed by atoms with van der Waals surface area (Å²) in [6, 6.07) is 14.4. The van der Waals surface area contributed by atoms with Gasteiger partial charge in [-0.2, -0.15) is 0 Å². The highest BCUT2D eigenvalue weighted by atomic mass is 16.5. The minimum atomic E-state index is 0.240. The van der Waals surface area contributed by atoms with E-state index in [1.807, 2.05) is 18.2 Å². The molecular formula is C19H25NO3. The third-order valence-corrected chi connectivity index (χ3v) is 4.07. The predicted octanol–water partition coefficient (Wildman–Crippen LogP) is 3.39. The summed E-state index contributed by atoms with van der Waals surface area (Å²) >= 11 is 0. The number of rotatable bonds is 8. The van der Waals surface area contributed by atoms with E-state index in [1.54, 1.807) is 21.3 Å². The van der Waals surface area contributed by atoms with Crippen LogP contribution in [0.3, 0.4) is 0 Å². The molecule has 1 unspecified atom stereocenters. The van der Waals surface area contributed by atoms with Crippen LogP contribution in [-0.4, -0.2) is 27.9 Å². The number of hydrogen-bond donors (Lipinski definition) is 1. The minimum Gasteiger partial charge on any atom is -0.493 e. The molecule has 0 heterocycles. The third kappa shape index (κ3) is 4.17. The van der Waals surface area contributed by atoms with Crippen molar-refractivity contribution in [2.75, 3.05) is 27.9 Å². The summed E-state index contributed by atoms with van der Waals surface area (Å²) in [7, 11) is 4.86. The molecule has 0 bridgehead atoms. The second-order valence-electron chi connectivity index (χ2n) is 5.42. The molecule has 1 atom stereocenters. The van der Waals surface area contributed by atoms with E-state index in [0.29, 0.717) is 23.8 Å². The van der Waals surface area contributed by atoms with Gasteiger partial charge in [0.15, 0.2) is 11.5 Å². The summed E-state index contributed by atoms with van der Waals surface area (Å²) in [5.74, 6) is 2.18. The summed E-state index contributed by atoms with van der Waals surface area (Å²) in [4.78, 5) is 0. The van der Waals surface area contributed by atoms with Crippen LogP contribution in [0.25, 0.3) is 0 Å². The average Bonchev–Trinajstić information content (AvgIpc) is 2.62. The molecule has 4 nitrogen and oxygen atoms in total. The second kappa shape index (κ2) is 8.44. The SMILES string of the molecule is COc1cc(C(CN)CCc2ccccc2)cc(OC)c1OC. The maximum atomic E-state index is 6.01. The lowest BCUT2D eigenvalue weighted by molar-refractivity contribution is 0.323. The summed E-state index contributed by atoms with van der Waals surface area (Å²) in [6.45, 7) is 0.575. The van der Waals surface area contributed by atoms with Crippen molar-refractivity contribution in [3.63, 3.8) is 0 Å². The second-order valence-corrected chi connectivity index (χ2v) is 5.42. The first-order chi connectivity index (χ1) is 11.2. The topological polar surface area (TPSA) is 53.7 Å². The molecular weight excluding hydrogens is 290 g/mol. The van der Waals surface area contributed by atoms with Crippen molar-refractivity contribution >= 4 is 0 Å². The number of ether oxygens (including phenoxy) is 3. The van der Waals surface area contributed by atoms with Crippen molar-refractivity contribution in [1.29, 1.82) is 0 Å². The van der Waals surface area contributed by atoms with Crippen molar-refractivity contribution in [1.82, 2.24) is 0 Å². The van der Waals surface area contributed by atoms with Gasteiger partial charge in [0.2, 0.25) is 5.75 Å². The summed E-state index contributed by atoms with van der Waals surface area (Å²) in [6.07, 6.45) is 1.96. The molecule has 0 fully saturated rings. The maximum absolute atomic E-state index is 6.01. The van der Waals surface area contributed by atoms with Crippen molar-refractivity contribution in [3.05, 3.63) is 53.6 Å². The van der Waals surface area contributed by atoms with Gasteiger partial charge < -0.3 is 19.9 Å². The first kappa shape index (κ1) is 17.2. The Balaban J connectivity index is 2.23. The molecule has 2 N–H and O–H groups in total. The molecule has 0 saturated carbocycles. The minimum absolute atomic E-state index is 0.240. The van der Waals surface area contributed by atoms with Crippen molar-refractivity contribution in [2.24, 2.45) is 5.73 Å². The molecule has 0 radical (unpaired) electrons. The molecule has 124 valence electrons. The van der Waals surface area contributed by atoms with E-state index < -0.39 is 0 Å². The zero-order valence-electron chi connectivity index (χ0n) is 14.0. The van der Waals surface area contributed by atoms with Gasteiger partial charge in [-0.15, -0.1) is 0 Å². The Hall–Kier alpha value is -2.20. The number of benzene rings is 2. The highest BCUT2D eigenvalue weighted by molar-refractivity contribution is 5.54. The lowest BCUT2D eigenvalue weighted by Gasteiger charge is -2.19. The lowest BCUT2D eigenvalue weighted by atomic mass is 9.92. The number of nitrogens with two attached hydrogens (primary N) is 1. The zero-order chi connectivity index (χ0) is 16.7. The van der Waals surface area contributed by atoms with E-state index in [4.69, 9.17) is 19.9 Å². The van der Waals surface area contributed by atoms with Crippen LogP contribution in [0.15, 0.2) is 42.5 Å². The number of methoxy groups -OCH3 is 3. The van der Waals surface area contributed by atoms with Gasteiger partial charge in [-0.25, -0.2) is 0 Å². The van der Waals surface area contributed by atoms with Crippen LogP contribution in [0.1, 0.15) is 23.5 Å². The van der Waals surface area contributed by atoms with Gasteiger partial charge in [0, 0.05) is 0 Å². The molecule has 0 aromatic heterocycles. The summed E-state index contributed by atoms with van der Waals surface area (Å²) in [5.41, 5.74) is 8.44. The standard InChI is InChI=1S/C19H25NO3/c1-21-17-11-16(12-18(22-2)19(17)23-3)15(13-20)10-9-14-7-5-4-6-8-14/h4-8,11-12,15H,9-10,13,20H2,1-3H3. The molecule has 0 aliphatic heterocycles. The molecule has 0 aliphatic carbocycles. The molecule has 0 spiro atoms. The van der Waals surface area contributed by atoms with Crippen LogP contribution in [0, 0.1) is 0 Å². The van der Waals surface area contributed by atoms with E-state index in [9.17, 15) is 0 Å². The van der Waals surface area contributed by atoms with Crippen LogP contribution in [0.5, 0.6) is 17.2 Å². The van der Waals surface area contributed by atoms with Crippen molar-refractivity contribution < 1.29 is 14.2 Å². The van der Waals surface area contributed by atoms with Gasteiger partial charge >= 0.3 is 0 Å². The van der Waals surface area contributed by atoms with Crippen LogP contribution in [-0.2, 0) is 6.42 Å². The maximum Gasteiger partial charge on any atom is 0.203 e. The van der Waals surface area contributed by atoms with Crippen LogP contribution < -0.4 is 19.9 Å². The van der Waals surface area contributed by atoms with Crippen LogP contribution >= 0.6 is 0 Å². The molecule has 0 amide bonds. The van der Waals surface area contributed by atoms with E-state index in [2.05, 4.69) is 24.3 Å². The predicted molar refractivity (Wildman–Crippen MR) is 92.7 cm³/mol. The Morgan fingerprint density at radius 3 is 2.00 bits per heavy atom. The Morgan fingerprint density at radius 2 is 1.52 bits per heavy atom. The van der Waals surface area contributed by atoms with E-state index in [-0.39, 0.29) is 5.92 Å². The fourth-order valence-corrected chi connectivity index (χ4v) is 2.74. The monoisotopic (exact) mass is 315 g/mol. The van der Waals surface area contributed by atoms with Gasteiger partial charge in [0.25, 0.3) is 0 Å². The van der Waals surface area contributed by atoms with Crippen LogP contribution in [0.4, 0.5) is 0 Å². The highest BCUT2D eigenvalue weighted by Gasteiger charge is 2.18. The van der Waals surface area contributed by atoms with E-state index in [0.717, 1.165) is 18.4 Å². The Kier molecular flexibility index (Phi) is 6.29. The molecule has 2 aromatic carbocycles. The van der Waals surface area contributed by atoms with Gasteiger partial charge in [-0.3, -0.25) is 0 Å². The first-order valence-electron chi connectivity index (χ1n) is 7.77. The average molecular weight is 315 g/mol. The molecule has 2 aromatic rings. The Bertz CT molecular complexity index is 588. The quantitative estimate of drug-likeness (QED) is 0.811. The van der Waals surface area contributed by atoms with E-state index >= 15 is 0 Å². The molecule has 0 aliphatic rings. The van der Waals surface area contributed by atoms with Crippen LogP contribution in [0.2, 0.25) is 0 Å². The van der Waals surface area contributed by atoms with Gasteiger partial charge in [0.05, 0.1) is 21.3 Å². The van der Waals surface area contributed by atoms with Crippen molar-refractivity contribution in [3.8, 4) is 17.2 Å². The first-order valence-corrected chi connectivity index (χ1v) is 7.77. The molecule has 23 heavy (non-hydrogen) atoms. The van der Waals surface area contributed by atoms with Crippen molar-refractivity contribution in [2.45, 2.75) is 18.8 Å². The van der Waals surface area contributed by atoms with E-state index in [1.165, 1.54) is 5.56 Å². The fourth-order valence-electron chi connectivity index (χ4n) is 2.74. The number of aryl methyl sites for hydroxylation is 1. The lowest BCUT2D eigenvalue weighted by Crippen LogP contribution is -2.14. The largest absolute Gasteiger partial charge is 0.493 e. The van der Waals surface area contributed by atoms with Gasteiger partial charge in [-0.1, -0.05) is 30.3 Å². The highest BCUT2D eigenvalue weighted by Crippen LogP contribution is 2.40. The normalized spacial score (nSPS) is 11.8. The Labute approximate surface area is 138 Å². The third-order valence-electron chi connectivity index (χ3n) is 4.07.